The average Bonchev–Trinajstić information content (AvgIpc) is 2.90. The van der Waals surface area contributed by atoms with E-state index in [1.807, 2.05) is 12.3 Å². The van der Waals surface area contributed by atoms with Crippen molar-refractivity contribution in [1.82, 2.24) is 9.88 Å². The Kier molecular flexibility index (Phi) is 5.06. The van der Waals surface area contributed by atoms with E-state index in [1.54, 1.807) is 23.3 Å². The highest BCUT2D eigenvalue weighted by atomic mass is 32.2. The van der Waals surface area contributed by atoms with Crippen molar-refractivity contribution in [2.24, 2.45) is 0 Å². The predicted octanol–water partition coefficient (Wildman–Crippen LogP) is 3.23. The van der Waals surface area contributed by atoms with Gasteiger partial charge in [0.2, 0.25) is 5.91 Å². The molecule has 20 heavy (non-hydrogen) atoms. The summed E-state index contributed by atoms with van der Waals surface area (Å²) >= 11 is 3.02. The molecule has 1 heterocycles. The maximum absolute atomic E-state index is 12.3. The van der Waals surface area contributed by atoms with Crippen molar-refractivity contribution in [3.8, 4) is 6.07 Å². The zero-order valence-corrected chi connectivity index (χ0v) is 13.5. The number of nitrogens with zero attached hydrogens (tertiary/aromatic N) is 3. The van der Waals surface area contributed by atoms with Crippen LogP contribution in [-0.2, 0) is 4.79 Å². The molecule has 1 aromatic heterocycles. The van der Waals surface area contributed by atoms with Gasteiger partial charge in [0.1, 0.15) is 5.54 Å². The van der Waals surface area contributed by atoms with Gasteiger partial charge in [-0.05, 0) is 19.8 Å². The summed E-state index contributed by atoms with van der Waals surface area (Å²) in [5.74, 6) is 0.374. The molecule has 1 aliphatic carbocycles. The minimum Gasteiger partial charge on any atom is -0.326 e. The van der Waals surface area contributed by atoms with E-state index in [9.17, 15) is 10.1 Å². The van der Waals surface area contributed by atoms with Gasteiger partial charge in [-0.15, -0.1) is 11.3 Å². The maximum Gasteiger partial charge on any atom is 0.234 e. The monoisotopic (exact) mass is 309 g/mol. The van der Waals surface area contributed by atoms with Gasteiger partial charge in [0, 0.05) is 18.1 Å². The molecule has 6 heteroatoms. The molecule has 2 rings (SSSR count). The minimum atomic E-state index is -0.589. The van der Waals surface area contributed by atoms with Gasteiger partial charge in [0.25, 0.3) is 0 Å². The van der Waals surface area contributed by atoms with Crippen LogP contribution in [0.2, 0.25) is 0 Å². The standard InChI is InChI=1S/C14H19N3OS2/c1-11-8-19-13(16-11)20-9-12(18)17(2)14(10-15)6-4-3-5-7-14/h8H,3-7,9H2,1-2H3. The zero-order valence-electron chi connectivity index (χ0n) is 11.9. The highest BCUT2D eigenvalue weighted by molar-refractivity contribution is 8.01. The lowest BCUT2D eigenvalue weighted by atomic mass is 9.81. The molecule has 0 N–H and O–H groups in total. The van der Waals surface area contributed by atoms with Gasteiger partial charge in [0.05, 0.1) is 11.8 Å². The van der Waals surface area contributed by atoms with Crippen molar-refractivity contribution in [1.29, 1.82) is 5.26 Å². The zero-order chi connectivity index (χ0) is 14.6. The number of aryl methyl sites for hydroxylation is 1. The fourth-order valence-corrected chi connectivity index (χ4v) is 4.28. The second-order valence-electron chi connectivity index (χ2n) is 5.20. The number of carbonyl (C=O) groups is 1. The van der Waals surface area contributed by atoms with Gasteiger partial charge in [0.15, 0.2) is 4.34 Å². The maximum atomic E-state index is 12.3. The van der Waals surface area contributed by atoms with Crippen LogP contribution in [0.1, 0.15) is 37.8 Å². The largest absolute Gasteiger partial charge is 0.326 e. The van der Waals surface area contributed by atoms with Crippen LogP contribution in [0.5, 0.6) is 0 Å². The van der Waals surface area contributed by atoms with E-state index >= 15 is 0 Å². The van der Waals surface area contributed by atoms with Crippen molar-refractivity contribution in [3.05, 3.63) is 11.1 Å². The predicted molar refractivity (Wildman–Crippen MR) is 81.8 cm³/mol. The number of thioether (sulfide) groups is 1. The van der Waals surface area contributed by atoms with E-state index < -0.39 is 5.54 Å². The number of thiazole rings is 1. The van der Waals surface area contributed by atoms with Gasteiger partial charge in [-0.25, -0.2) is 4.98 Å². The van der Waals surface area contributed by atoms with Crippen LogP contribution in [-0.4, -0.2) is 34.1 Å². The Balaban J connectivity index is 1.95. The van der Waals surface area contributed by atoms with Crippen LogP contribution in [0.4, 0.5) is 0 Å². The molecular weight excluding hydrogens is 290 g/mol. The number of aromatic nitrogens is 1. The fourth-order valence-electron chi connectivity index (χ4n) is 2.52. The van der Waals surface area contributed by atoms with Crippen LogP contribution in [0.15, 0.2) is 9.72 Å². The third-order valence-electron chi connectivity index (χ3n) is 3.82. The SMILES string of the molecule is Cc1csc(SCC(=O)N(C)C2(C#N)CCCCC2)n1. The van der Waals surface area contributed by atoms with E-state index in [0.717, 1.165) is 35.7 Å². The van der Waals surface area contributed by atoms with Crippen LogP contribution < -0.4 is 0 Å². The van der Waals surface area contributed by atoms with E-state index in [4.69, 9.17) is 0 Å². The van der Waals surface area contributed by atoms with Gasteiger partial charge < -0.3 is 4.90 Å². The summed E-state index contributed by atoms with van der Waals surface area (Å²) in [6, 6.07) is 2.38. The Labute approximate surface area is 128 Å². The second-order valence-corrected chi connectivity index (χ2v) is 7.28. The number of carbonyl (C=O) groups excluding carboxylic acids is 1. The highest BCUT2D eigenvalue weighted by Crippen LogP contribution is 2.33. The fraction of sp³-hybridized carbons (Fsp3) is 0.643. The first-order valence-electron chi connectivity index (χ1n) is 6.80. The molecule has 1 amide bonds. The van der Waals surface area contributed by atoms with Crippen LogP contribution >= 0.6 is 23.1 Å². The molecule has 0 bridgehead atoms. The number of nitriles is 1. The molecule has 1 fully saturated rings. The number of hydrogen-bond acceptors (Lipinski definition) is 5. The smallest absolute Gasteiger partial charge is 0.234 e. The molecule has 0 unspecified atom stereocenters. The van der Waals surface area contributed by atoms with Crippen LogP contribution in [0.3, 0.4) is 0 Å². The molecule has 1 aromatic rings. The first-order chi connectivity index (χ1) is 9.57. The molecule has 0 saturated heterocycles. The second kappa shape index (κ2) is 6.59. The molecule has 0 atom stereocenters. The first kappa shape index (κ1) is 15.3. The van der Waals surface area contributed by atoms with Gasteiger partial charge >= 0.3 is 0 Å². The van der Waals surface area contributed by atoms with E-state index in [2.05, 4.69) is 11.1 Å². The molecule has 0 aliphatic heterocycles. The molecule has 0 spiro atoms. The van der Waals surface area contributed by atoms with Crippen molar-refractivity contribution in [2.45, 2.75) is 48.9 Å². The average molecular weight is 309 g/mol. The van der Waals surface area contributed by atoms with E-state index in [-0.39, 0.29) is 5.91 Å². The molecular formula is C14H19N3OS2. The molecule has 1 aliphatic rings. The Hall–Kier alpha value is -1.06. The number of amides is 1. The summed E-state index contributed by atoms with van der Waals surface area (Å²) in [4.78, 5) is 18.3. The Morgan fingerprint density at radius 1 is 1.55 bits per heavy atom. The Morgan fingerprint density at radius 2 is 2.25 bits per heavy atom. The van der Waals surface area contributed by atoms with Crippen LogP contribution in [0, 0.1) is 18.3 Å². The van der Waals surface area contributed by atoms with Gasteiger partial charge in [-0.2, -0.15) is 5.26 Å². The molecule has 0 aromatic carbocycles. The van der Waals surface area contributed by atoms with Gasteiger partial charge in [-0.1, -0.05) is 31.0 Å². The van der Waals surface area contributed by atoms with Crippen molar-refractivity contribution < 1.29 is 4.79 Å². The Morgan fingerprint density at radius 3 is 2.80 bits per heavy atom. The molecule has 1 saturated carbocycles. The minimum absolute atomic E-state index is 0.0197. The summed E-state index contributed by atoms with van der Waals surface area (Å²) in [5, 5.41) is 11.5. The summed E-state index contributed by atoms with van der Waals surface area (Å²) < 4.78 is 0.916. The van der Waals surface area contributed by atoms with Crippen molar-refractivity contribution in [3.63, 3.8) is 0 Å². The van der Waals surface area contributed by atoms with E-state index in [1.165, 1.54) is 18.2 Å². The number of hydrogen-bond donors (Lipinski definition) is 0. The van der Waals surface area contributed by atoms with Gasteiger partial charge in [-0.3, -0.25) is 4.79 Å². The number of rotatable bonds is 4. The summed E-state index contributed by atoms with van der Waals surface area (Å²) in [7, 11) is 1.77. The normalized spacial score (nSPS) is 17.4. The third kappa shape index (κ3) is 3.33. The quantitative estimate of drug-likeness (QED) is 0.801. The summed E-state index contributed by atoms with van der Waals surface area (Å²) in [5.41, 5.74) is 0.397. The summed E-state index contributed by atoms with van der Waals surface area (Å²) in [6.45, 7) is 1.95. The summed E-state index contributed by atoms with van der Waals surface area (Å²) in [6.07, 6.45) is 4.83. The van der Waals surface area contributed by atoms with Crippen molar-refractivity contribution in [2.75, 3.05) is 12.8 Å². The molecule has 108 valence electrons. The third-order valence-corrected chi connectivity index (χ3v) is 5.95. The van der Waals surface area contributed by atoms with E-state index in [0.29, 0.717) is 5.75 Å². The first-order valence-corrected chi connectivity index (χ1v) is 8.67. The van der Waals surface area contributed by atoms with Crippen LogP contribution in [0.25, 0.3) is 0 Å². The lowest BCUT2D eigenvalue weighted by Gasteiger charge is -2.39. The Bertz CT molecular complexity index is 515. The molecule has 4 nitrogen and oxygen atoms in total. The topological polar surface area (TPSA) is 57.0 Å². The lowest BCUT2D eigenvalue weighted by Crippen LogP contribution is -2.50. The van der Waals surface area contributed by atoms with Crippen molar-refractivity contribution >= 4 is 29.0 Å². The molecule has 0 radical (unpaired) electrons. The lowest BCUT2D eigenvalue weighted by molar-refractivity contribution is -0.131. The highest BCUT2D eigenvalue weighted by Gasteiger charge is 2.38.